The third kappa shape index (κ3) is 3.02. The Morgan fingerprint density at radius 3 is 2.46 bits per heavy atom. The number of rotatable bonds is 3. The molecule has 0 spiro atoms. The van der Waals surface area contributed by atoms with Crippen molar-refractivity contribution in [1.82, 2.24) is 15.0 Å². The minimum atomic E-state index is 0.320. The smallest absolute Gasteiger partial charge is 0.222 e. The predicted molar refractivity (Wildman–Crippen MR) is 97.1 cm³/mol. The Labute approximate surface area is 141 Å². The molecule has 0 aliphatic carbocycles. The molecule has 122 valence electrons. The highest BCUT2D eigenvalue weighted by Crippen LogP contribution is 2.26. The van der Waals surface area contributed by atoms with Gasteiger partial charge >= 0.3 is 0 Å². The van der Waals surface area contributed by atoms with Crippen LogP contribution in [-0.4, -0.2) is 28.0 Å². The van der Waals surface area contributed by atoms with Gasteiger partial charge in [0.1, 0.15) is 5.52 Å². The van der Waals surface area contributed by atoms with E-state index in [1.54, 1.807) is 0 Å². The first-order chi connectivity index (χ1) is 11.8. The van der Waals surface area contributed by atoms with Gasteiger partial charge in [0.15, 0.2) is 5.82 Å². The maximum absolute atomic E-state index is 5.92. The van der Waals surface area contributed by atoms with Gasteiger partial charge in [-0.1, -0.05) is 30.3 Å². The maximum atomic E-state index is 5.92. The first-order valence-electron chi connectivity index (χ1n) is 8.51. The molecule has 3 aromatic rings. The lowest BCUT2D eigenvalue weighted by atomic mass is 10.1. The summed E-state index contributed by atoms with van der Waals surface area (Å²) in [6.45, 7) is 2.02. The van der Waals surface area contributed by atoms with Gasteiger partial charge in [0.2, 0.25) is 5.95 Å². The number of nitrogens with zero attached hydrogens (tertiary/aromatic N) is 4. The van der Waals surface area contributed by atoms with Gasteiger partial charge in [-0.05, 0) is 37.0 Å². The number of nitrogen functional groups attached to an aromatic ring is 1. The zero-order valence-electron chi connectivity index (χ0n) is 13.7. The summed E-state index contributed by atoms with van der Waals surface area (Å²) in [6, 6.07) is 14.4. The van der Waals surface area contributed by atoms with Crippen LogP contribution in [-0.2, 0) is 6.42 Å². The van der Waals surface area contributed by atoms with Crippen LogP contribution in [0.15, 0.2) is 42.5 Å². The number of pyridine rings is 1. The Kier molecular flexibility index (Phi) is 3.99. The molecule has 1 aliphatic heterocycles. The Hall–Kier alpha value is -2.69. The third-order valence-electron chi connectivity index (χ3n) is 4.48. The van der Waals surface area contributed by atoms with E-state index in [9.17, 15) is 0 Å². The fraction of sp³-hybridized carbons (Fsp3) is 0.316. The second kappa shape index (κ2) is 6.43. The average molecular weight is 319 g/mol. The summed E-state index contributed by atoms with van der Waals surface area (Å²) in [4.78, 5) is 16.0. The van der Waals surface area contributed by atoms with Crippen molar-refractivity contribution in [2.24, 2.45) is 0 Å². The van der Waals surface area contributed by atoms with Gasteiger partial charge in [0.05, 0.1) is 5.52 Å². The number of hydrogen-bond acceptors (Lipinski definition) is 5. The maximum Gasteiger partial charge on any atom is 0.222 e. The highest BCUT2D eigenvalue weighted by molar-refractivity contribution is 5.86. The largest absolute Gasteiger partial charge is 0.368 e. The predicted octanol–water partition coefficient (Wildman–Crippen LogP) is 3.19. The van der Waals surface area contributed by atoms with E-state index in [0.717, 1.165) is 42.1 Å². The van der Waals surface area contributed by atoms with Crippen molar-refractivity contribution in [3.05, 3.63) is 53.7 Å². The molecule has 0 atom stereocenters. The van der Waals surface area contributed by atoms with Gasteiger partial charge in [0.25, 0.3) is 0 Å². The van der Waals surface area contributed by atoms with E-state index in [1.165, 1.54) is 24.8 Å². The molecular weight excluding hydrogens is 298 g/mol. The molecule has 0 bridgehead atoms. The minimum absolute atomic E-state index is 0.320. The molecule has 4 rings (SSSR count). The molecule has 5 nitrogen and oxygen atoms in total. The molecule has 0 radical (unpaired) electrons. The van der Waals surface area contributed by atoms with Gasteiger partial charge in [0, 0.05) is 25.2 Å². The minimum Gasteiger partial charge on any atom is -0.368 e. The summed E-state index contributed by atoms with van der Waals surface area (Å²) in [7, 11) is 0. The molecule has 1 saturated heterocycles. The van der Waals surface area contributed by atoms with Crippen molar-refractivity contribution in [3.63, 3.8) is 0 Å². The molecule has 1 aromatic carbocycles. The zero-order valence-corrected chi connectivity index (χ0v) is 13.7. The molecule has 3 heterocycles. The molecule has 1 aliphatic rings. The Balaban J connectivity index is 1.75. The first-order valence-corrected chi connectivity index (χ1v) is 8.51. The van der Waals surface area contributed by atoms with Crippen LogP contribution < -0.4 is 10.6 Å². The zero-order chi connectivity index (χ0) is 16.4. The number of anilines is 2. The van der Waals surface area contributed by atoms with Crippen LogP contribution in [0, 0.1) is 0 Å². The highest BCUT2D eigenvalue weighted by atomic mass is 15.2. The number of hydrogen-bond donors (Lipinski definition) is 1. The average Bonchev–Trinajstić information content (AvgIpc) is 2.63. The van der Waals surface area contributed by atoms with Crippen molar-refractivity contribution in [3.8, 4) is 0 Å². The van der Waals surface area contributed by atoms with E-state index >= 15 is 0 Å². The van der Waals surface area contributed by atoms with Crippen molar-refractivity contribution >= 4 is 22.8 Å². The summed E-state index contributed by atoms with van der Waals surface area (Å²) >= 11 is 0. The Bertz CT molecular complexity index is 841. The fourth-order valence-corrected chi connectivity index (χ4v) is 3.29. The quantitative estimate of drug-likeness (QED) is 0.803. The fourth-order valence-electron chi connectivity index (χ4n) is 3.29. The number of aromatic nitrogens is 3. The molecule has 5 heteroatoms. The standard InChI is InChI=1S/C19H21N5/c20-19-22-16-10-9-15(13-14-7-3-1-4-8-14)21-17(16)18(23-19)24-11-5-2-6-12-24/h1,3-4,7-10H,2,5-6,11-13H2,(H2,20,22,23). The van der Waals surface area contributed by atoms with Gasteiger partial charge in [-0.2, -0.15) is 4.98 Å². The van der Waals surface area contributed by atoms with E-state index < -0.39 is 0 Å². The molecular formula is C19H21N5. The summed E-state index contributed by atoms with van der Waals surface area (Å²) in [5.41, 5.74) is 9.87. The molecule has 1 fully saturated rings. The monoisotopic (exact) mass is 319 g/mol. The Morgan fingerprint density at radius 1 is 0.875 bits per heavy atom. The van der Waals surface area contributed by atoms with E-state index in [4.69, 9.17) is 10.7 Å². The van der Waals surface area contributed by atoms with E-state index in [0.29, 0.717) is 5.95 Å². The van der Waals surface area contributed by atoms with E-state index in [1.807, 2.05) is 18.2 Å². The molecule has 2 N–H and O–H groups in total. The van der Waals surface area contributed by atoms with Gasteiger partial charge in [-0.15, -0.1) is 0 Å². The SMILES string of the molecule is Nc1nc(N2CCCCC2)c2nc(Cc3ccccc3)ccc2n1. The van der Waals surface area contributed by atoms with Crippen molar-refractivity contribution in [1.29, 1.82) is 0 Å². The lowest BCUT2D eigenvalue weighted by molar-refractivity contribution is 0.574. The number of piperidine rings is 1. The molecule has 2 aromatic heterocycles. The van der Waals surface area contributed by atoms with E-state index in [2.05, 4.69) is 39.1 Å². The lowest BCUT2D eigenvalue weighted by Gasteiger charge is -2.28. The van der Waals surface area contributed by atoms with Crippen molar-refractivity contribution < 1.29 is 0 Å². The highest BCUT2D eigenvalue weighted by Gasteiger charge is 2.18. The summed E-state index contributed by atoms with van der Waals surface area (Å²) in [5, 5.41) is 0. The lowest BCUT2D eigenvalue weighted by Crippen LogP contribution is -2.30. The second-order valence-electron chi connectivity index (χ2n) is 6.29. The van der Waals surface area contributed by atoms with Crippen LogP contribution in [0.2, 0.25) is 0 Å². The van der Waals surface area contributed by atoms with Crippen LogP contribution in [0.5, 0.6) is 0 Å². The number of nitrogens with two attached hydrogens (primary N) is 1. The van der Waals surface area contributed by atoms with Gasteiger partial charge in [-0.3, -0.25) is 0 Å². The molecule has 0 amide bonds. The van der Waals surface area contributed by atoms with Crippen molar-refractivity contribution in [2.45, 2.75) is 25.7 Å². The van der Waals surface area contributed by atoms with Gasteiger partial charge in [-0.25, -0.2) is 9.97 Å². The van der Waals surface area contributed by atoms with Crippen LogP contribution in [0.25, 0.3) is 11.0 Å². The second-order valence-corrected chi connectivity index (χ2v) is 6.29. The summed E-state index contributed by atoms with van der Waals surface area (Å²) < 4.78 is 0. The molecule has 24 heavy (non-hydrogen) atoms. The van der Waals surface area contributed by atoms with Crippen LogP contribution >= 0.6 is 0 Å². The van der Waals surface area contributed by atoms with Crippen LogP contribution in [0.4, 0.5) is 11.8 Å². The first kappa shape index (κ1) is 14.9. The number of benzene rings is 1. The number of fused-ring (bicyclic) bond motifs is 1. The summed E-state index contributed by atoms with van der Waals surface area (Å²) in [5.74, 6) is 1.20. The van der Waals surface area contributed by atoms with Gasteiger partial charge < -0.3 is 10.6 Å². The normalized spacial score (nSPS) is 14.9. The summed E-state index contributed by atoms with van der Waals surface area (Å²) in [6.07, 6.45) is 4.46. The van der Waals surface area contributed by atoms with E-state index in [-0.39, 0.29) is 0 Å². The topological polar surface area (TPSA) is 67.9 Å². The Morgan fingerprint density at radius 2 is 1.67 bits per heavy atom. The molecule has 0 unspecified atom stereocenters. The van der Waals surface area contributed by atoms with Crippen LogP contribution in [0.1, 0.15) is 30.5 Å². The third-order valence-corrected chi connectivity index (χ3v) is 4.48. The van der Waals surface area contributed by atoms with Crippen LogP contribution in [0.3, 0.4) is 0 Å². The van der Waals surface area contributed by atoms with Crippen molar-refractivity contribution in [2.75, 3.05) is 23.7 Å². The molecule has 0 saturated carbocycles.